The van der Waals surface area contributed by atoms with Gasteiger partial charge in [0.2, 0.25) is 11.3 Å². The second-order valence-corrected chi connectivity index (χ2v) is 5.74. The highest BCUT2D eigenvalue weighted by molar-refractivity contribution is 6.06. The van der Waals surface area contributed by atoms with Crippen molar-refractivity contribution in [1.82, 2.24) is 4.98 Å². The number of hydrogen-bond acceptors (Lipinski definition) is 3. The van der Waals surface area contributed by atoms with E-state index in [1.165, 1.54) is 13.1 Å². The number of carbonyl (C=O) groups is 2. The van der Waals surface area contributed by atoms with Crippen LogP contribution in [0.4, 0.5) is 11.4 Å². The first-order chi connectivity index (χ1) is 12.0. The van der Waals surface area contributed by atoms with Crippen LogP contribution in [0.1, 0.15) is 22.8 Å². The average molecular weight is 335 g/mol. The Morgan fingerprint density at radius 3 is 2.56 bits per heavy atom. The number of carbonyl (C=O) groups excluding carboxylic acids is 2. The molecule has 0 aliphatic rings. The Morgan fingerprint density at radius 2 is 1.80 bits per heavy atom. The third-order valence-corrected chi connectivity index (χ3v) is 3.84. The molecule has 2 aromatic carbocycles. The molecule has 0 aliphatic heterocycles. The Balaban J connectivity index is 1.91. The summed E-state index contributed by atoms with van der Waals surface area (Å²) in [6, 6.07) is 12.2. The lowest BCUT2D eigenvalue weighted by molar-refractivity contribution is -0.114. The first kappa shape index (κ1) is 16.4. The number of anilines is 2. The maximum Gasteiger partial charge on any atom is 0.261 e. The van der Waals surface area contributed by atoms with E-state index in [0.29, 0.717) is 22.3 Å². The molecule has 3 aromatic rings. The van der Waals surface area contributed by atoms with E-state index in [-0.39, 0.29) is 16.9 Å². The molecule has 0 radical (unpaired) electrons. The summed E-state index contributed by atoms with van der Waals surface area (Å²) in [5, 5.41) is 5.85. The number of aromatic nitrogens is 1. The molecule has 0 saturated carbocycles. The van der Waals surface area contributed by atoms with Gasteiger partial charge in [-0.15, -0.1) is 0 Å². The quantitative estimate of drug-likeness (QED) is 0.687. The SMILES string of the molecule is CC(=O)Nc1cc(NC(=O)c2c[nH]c3ccccc3c2=O)ccc1C. The highest BCUT2D eigenvalue weighted by atomic mass is 16.2. The van der Waals surface area contributed by atoms with E-state index >= 15 is 0 Å². The second-order valence-electron chi connectivity index (χ2n) is 5.74. The molecule has 6 nitrogen and oxygen atoms in total. The molecular formula is C19H17N3O3. The van der Waals surface area contributed by atoms with Gasteiger partial charge in [0.15, 0.2) is 0 Å². The summed E-state index contributed by atoms with van der Waals surface area (Å²) < 4.78 is 0. The Kier molecular flexibility index (Phi) is 4.35. The number of hydrogen-bond donors (Lipinski definition) is 3. The van der Waals surface area contributed by atoms with Crippen molar-refractivity contribution in [2.45, 2.75) is 13.8 Å². The first-order valence-electron chi connectivity index (χ1n) is 7.76. The predicted molar refractivity (Wildman–Crippen MR) is 98.0 cm³/mol. The molecule has 0 aliphatic carbocycles. The maximum atomic E-state index is 12.5. The Labute approximate surface area is 143 Å². The van der Waals surface area contributed by atoms with Gasteiger partial charge in [-0.3, -0.25) is 14.4 Å². The van der Waals surface area contributed by atoms with Crippen LogP contribution < -0.4 is 16.1 Å². The Morgan fingerprint density at radius 1 is 1.04 bits per heavy atom. The summed E-state index contributed by atoms with van der Waals surface area (Å²) >= 11 is 0. The number of nitrogens with one attached hydrogen (secondary N) is 3. The molecule has 0 atom stereocenters. The fraction of sp³-hybridized carbons (Fsp3) is 0.105. The number of pyridine rings is 1. The lowest BCUT2D eigenvalue weighted by Crippen LogP contribution is -2.22. The van der Waals surface area contributed by atoms with Gasteiger partial charge in [0.05, 0.1) is 0 Å². The van der Waals surface area contributed by atoms with Gasteiger partial charge < -0.3 is 15.6 Å². The molecule has 6 heteroatoms. The van der Waals surface area contributed by atoms with Crippen LogP contribution in [0.15, 0.2) is 53.5 Å². The fourth-order valence-corrected chi connectivity index (χ4v) is 2.56. The number of H-pyrrole nitrogens is 1. The van der Waals surface area contributed by atoms with Crippen LogP contribution in [0.3, 0.4) is 0 Å². The number of aryl methyl sites for hydroxylation is 1. The third kappa shape index (κ3) is 3.42. The summed E-state index contributed by atoms with van der Waals surface area (Å²) in [6.07, 6.45) is 1.41. The van der Waals surface area contributed by atoms with Crippen LogP contribution in [0, 0.1) is 6.92 Å². The lowest BCUT2D eigenvalue weighted by Gasteiger charge is -2.10. The van der Waals surface area contributed by atoms with E-state index < -0.39 is 5.91 Å². The summed E-state index contributed by atoms with van der Waals surface area (Å²) in [5.74, 6) is -0.706. The van der Waals surface area contributed by atoms with E-state index in [9.17, 15) is 14.4 Å². The van der Waals surface area contributed by atoms with Gasteiger partial charge in [-0.2, -0.15) is 0 Å². The third-order valence-electron chi connectivity index (χ3n) is 3.84. The highest BCUT2D eigenvalue weighted by Gasteiger charge is 2.13. The van der Waals surface area contributed by atoms with E-state index in [2.05, 4.69) is 15.6 Å². The first-order valence-corrected chi connectivity index (χ1v) is 7.76. The zero-order chi connectivity index (χ0) is 18.0. The van der Waals surface area contributed by atoms with E-state index in [4.69, 9.17) is 0 Å². The lowest BCUT2D eigenvalue weighted by atomic mass is 10.1. The van der Waals surface area contributed by atoms with Crippen LogP contribution in [0.25, 0.3) is 10.9 Å². The second kappa shape index (κ2) is 6.60. The number of amides is 2. The van der Waals surface area contributed by atoms with Crippen LogP contribution >= 0.6 is 0 Å². The summed E-state index contributed by atoms with van der Waals surface area (Å²) in [5.41, 5.74) is 2.34. The molecule has 0 spiro atoms. The molecular weight excluding hydrogens is 318 g/mol. The van der Waals surface area contributed by atoms with Gasteiger partial charge in [-0.05, 0) is 36.8 Å². The van der Waals surface area contributed by atoms with Crippen molar-refractivity contribution in [3.05, 3.63) is 70.0 Å². The largest absolute Gasteiger partial charge is 0.360 e. The van der Waals surface area contributed by atoms with Crippen molar-refractivity contribution < 1.29 is 9.59 Å². The van der Waals surface area contributed by atoms with Gasteiger partial charge in [0, 0.05) is 35.4 Å². The van der Waals surface area contributed by atoms with E-state index in [0.717, 1.165) is 5.56 Å². The van der Waals surface area contributed by atoms with Gasteiger partial charge in [-0.25, -0.2) is 0 Å². The molecule has 3 rings (SSSR count). The minimum absolute atomic E-state index is 0.0281. The number of benzene rings is 2. The summed E-state index contributed by atoms with van der Waals surface area (Å²) in [4.78, 5) is 39.2. The van der Waals surface area contributed by atoms with Crippen molar-refractivity contribution in [2.24, 2.45) is 0 Å². The van der Waals surface area contributed by atoms with Crippen molar-refractivity contribution in [1.29, 1.82) is 0 Å². The van der Waals surface area contributed by atoms with Crippen molar-refractivity contribution in [3.8, 4) is 0 Å². The van der Waals surface area contributed by atoms with Crippen molar-refractivity contribution in [2.75, 3.05) is 10.6 Å². The molecule has 2 amide bonds. The molecule has 0 fully saturated rings. The maximum absolute atomic E-state index is 12.5. The van der Waals surface area contributed by atoms with Crippen molar-refractivity contribution in [3.63, 3.8) is 0 Å². The normalized spacial score (nSPS) is 10.5. The number of para-hydroxylation sites is 1. The van der Waals surface area contributed by atoms with Crippen LogP contribution in [0.5, 0.6) is 0 Å². The van der Waals surface area contributed by atoms with E-state index in [1.54, 1.807) is 36.4 Å². The molecule has 0 saturated heterocycles. The van der Waals surface area contributed by atoms with E-state index in [1.807, 2.05) is 13.0 Å². The van der Waals surface area contributed by atoms with Crippen LogP contribution in [-0.4, -0.2) is 16.8 Å². The molecule has 25 heavy (non-hydrogen) atoms. The molecule has 126 valence electrons. The molecule has 3 N–H and O–H groups in total. The standard InChI is InChI=1S/C19H17N3O3/c1-11-7-8-13(9-17(11)21-12(2)23)22-19(25)15-10-20-16-6-4-3-5-14(16)18(15)24/h3-10H,1-2H3,(H,20,24)(H,21,23)(H,22,25). The highest BCUT2D eigenvalue weighted by Crippen LogP contribution is 2.20. The van der Waals surface area contributed by atoms with Gasteiger partial charge >= 0.3 is 0 Å². The molecule has 1 heterocycles. The monoisotopic (exact) mass is 335 g/mol. The number of fused-ring (bicyclic) bond motifs is 1. The van der Waals surface area contributed by atoms with Gasteiger partial charge in [-0.1, -0.05) is 18.2 Å². The van der Waals surface area contributed by atoms with Crippen molar-refractivity contribution >= 4 is 34.1 Å². The topological polar surface area (TPSA) is 91.1 Å². The van der Waals surface area contributed by atoms with Gasteiger partial charge in [0.25, 0.3) is 5.91 Å². The predicted octanol–water partition coefficient (Wildman–Crippen LogP) is 3.05. The Bertz CT molecular complexity index is 1040. The minimum Gasteiger partial charge on any atom is -0.360 e. The summed E-state index contributed by atoms with van der Waals surface area (Å²) in [6.45, 7) is 3.27. The zero-order valence-corrected chi connectivity index (χ0v) is 13.8. The average Bonchev–Trinajstić information content (AvgIpc) is 2.58. The Hall–Kier alpha value is -3.41. The van der Waals surface area contributed by atoms with Gasteiger partial charge in [0.1, 0.15) is 5.56 Å². The molecule has 0 unspecified atom stereocenters. The smallest absolute Gasteiger partial charge is 0.261 e. The summed E-state index contributed by atoms with van der Waals surface area (Å²) in [7, 11) is 0. The zero-order valence-electron chi connectivity index (χ0n) is 13.8. The van der Waals surface area contributed by atoms with Crippen LogP contribution in [-0.2, 0) is 4.79 Å². The molecule has 1 aromatic heterocycles. The number of rotatable bonds is 3. The molecule has 0 bridgehead atoms. The fourth-order valence-electron chi connectivity index (χ4n) is 2.56. The van der Waals surface area contributed by atoms with Crippen LogP contribution in [0.2, 0.25) is 0 Å². The minimum atomic E-state index is -0.510. The number of aromatic amines is 1.